The van der Waals surface area contributed by atoms with Crippen LogP contribution in [0.1, 0.15) is 29.6 Å². The lowest BCUT2D eigenvalue weighted by Crippen LogP contribution is -2.43. The Balaban J connectivity index is 2.30. The van der Waals surface area contributed by atoms with Gasteiger partial charge in [-0.15, -0.1) is 0 Å². The summed E-state index contributed by atoms with van der Waals surface area (Å²) in [4.78, 5) is 13.6. The van der Waals surface area contributed by atoms with Crippen LogP contribution in [-0.2, 0) is 0 Å². The van der Waals surface area contributed by atoms with Gasteiger partial charge in [-0.05, 0) is 31.4 Å². The zero-order chi connectivity index (χ0) is 13.1. The monoisotopic (exact) mass is 266 g/mol. The molecule has 18 heavy (non-hydrogen) atoms. The van der Waals surface area contributed by atoms with E-state index in [1.165, 1.54) is 23.1 Å². The molecule has 94 valence electrons. The van der Waals surface area contributed by atoms with Crippen LogP contribution in [0.25, 0.3) is 0 Å². The third kappa shape index (κ3) is 2.32. The van der Waals surface area contributed by atoms with E-state index in [0.717, 1.165) is 12.8 Å². The van der Waals surface area contributed by atoms with E-state index in [2.05, 4.69) is 6.07 Å². The third-order valence-electron chi connectivity index (χ3n) is 3.09. The number of nitrogens with zero attached hydrogens (tertiary/aromatic N) is 2. The van der Waals surface area contributed by atoms with Crippen molar-refractivity contribution >= 4 is 17.5 Å². The Kier molecular flexibility index (Phi) is 3.83. The molecule has 1 fully saturated rings. The van der Waals surface area contributed by atoms with Crippen LogP contribution in [0.3, 0.4) is 0 Å². The van der Waals surface area contributed by atoms with Crippen LogP contribution in [0, 0.1) is 17.1 Å². The van der Waals surface area contributed by atoms with Crippen molar-refractivity contribution in [2.45, 2.75) is 25.3 Å². The van der Waals surface area contributed by atoms with Crippen LogP contribution in [0.15, 0.2) is 18.2 Å². The van der Waals surface area contributed by atoms with Gasteiger partial charge in [-0.25, -0.2) is 4.39 Å². The van der Waals surface area contributed by atoms with Crippen molar-refractivity contribution < 1.29 is 9.18 Å². The molecular formula is C13H12ClFN2O. The fourth-order valence-electron chi connectivity index (χ4n) is 2.13. The minimum Gasteiger partial charge on any atom is -0.323 e. The van der Waals surface area contributed by atoms with Gasteiger partial charge in [-0.2, -0.15) is 5.26 Å². The highest BCUT2D eigenvalue weighted by Crippen LogP contribution is 2.23. The van der Waals surface area contributed by atoms with Gasteiger partial charge >= 0.3 is 0 Å². The molecule has 1 amide bonds. The Morgan fingerprint density at radius 2 is 2.28 bits per heavy atom. The van der Waals surface area contributed by atoms with Crippen LogP contribution in [-0.4, -0.2) is 23.4 Å². The molecule has 1 unspecified atom stereocenters. The van der Waals surface area contributed by atoms with E-state index in [4.69, 9.17) is 16.9 Å². The number of piperidine rings is 1. The average Bonchev–Trinajstić information content (AvgIpc) is 2.41. The van der Waals surface area contributed by atoms with E-state index in [1.807, 2.05) is 0 Å². The zero-order valence-corrected chi connectivity index (χ0v) is 10.5. The summed E-state index contributed by atoms with van der Waals surface area (Å²) in [5.74, 6) is -1.17. The number of hydrogen-bond donors (Lipinski definition) is 0. The molecular weight excluding hydrogens is 255 g/mol. The van der Waals surface area contributed by atoms with Gasteiger partial charge < -0.3 is 4.90 Å². The summed E-state index contributed by atoms with van der Waals surface area (Å²) >= 11 is 5.66. The van der Waals surface area contributed by atoms with Crippen LogP contribution >= 0.6 is 11.6 Å². The Labute approximate surface area is 110 Å². The first kappa shape index (κ1) is 12.8. The summed E-state index contributed by atoms with van der Waals surface area (Å²) in [6.07, 6.45) is 2.40. The van der Waals surface area contributed by atoms with Crippen LogP contribution in [0.5, 0.6) is 0 Å². The van der Waals surface area contributed by atoms with Crippen molar-refractivity contribution in [3.8, 4) is 6.07 Å². The van der Waals surface area contributed by atoms with E-state index in [9.17, 15) is 9.18 Å². The van der Waals surface area contributed by atoms with Crippen molar-refractivity contribution in [2.24, 2.45) is 0 Å². The molecule has 2 rings (SSSR count). The number of halogens is 2. The average molecular weight is 267 g/mol. The Morgan fingerprint density at radius 1 is 1.50 bits per heavy atom. The predicted molar refractivity (Wildman–Crippen MR) is 65.7 cm³/mol. The maximum absolute atomic E-state index is 13.8. The number of amides is 1. The van der Waals surface area contributed by atoms with Crippen molar-refractivity contribution in [2.75, 3.05) is 6.54 Å². The first-order valence-electron chi connectivity index (χ1n) is 5.79. The number of hydrogen-bond acceptors (Lipinski definition) is 2. The molecule has 1 aliphatic heterocycles. The fraction of sp³-hybridized carbons (Fsp3) is 0.385. The topological polar surface area (TPSA) is 44.1 Å². The zero-order valence-electron chi connectivity index (χ0n) is 9.70. The largest absolute Gasteiger partial charge is 0.323 e. The second-order valence-corrected chi connectivity index (χ2v) is 4.65. The smallest absolute Gasteiger partial charge is 0.257 e. The first-order valence-corrected chi connectivity index (χ1v) is 6.17. The molecule has 1 aromatic carbocycles. The highest BCUT2D eigenvalue weighted by atomic mass is 35.5. The van der Waals surface area contributed by atoms with Crippen LogP contribution < -0.4 is 0 Å². The second-order valence-electron chi connectivity index (χ2n) is 4.24. The Hall–Kier alpha value is -1.60. The van der Waals surface area contributed by atoms with Gasteiger partial charge in [0.25, 0.3) is 5.91 Å². The third-order valence-corrected chi connectivity index (χ3v) is 3.39. The van der Waals surface area contributed by atoms with Crippen molar-refractivity contribution in [1.82, 2.24) is 4.90 Å². The lowest BCUT2D eigenvalue weighted by atomic mass is 10.0. The van der Waals surface area contributed by atoms with E-state index in [1.54, 1.807) is 0 Å². The van der Waals surface area contributed by atoms with E-state index in [-0.39, 0.29) is 10.6 Å². The van der Waals surface area contributed by atoms with E-state index < -0.39 is 17.8 Å². The van der Waals surface area contributed by atoms with Crippen molar-refractivity contribution in [1.29, 1.82) is 5.26 Å². The number of rotatable bonds is 1. The number of nitriles is 1. The summed E-state index contributed by atoms with van der Waals surface area (Å²) in [5, 5.41) is 8.94. The molecule has 0 aromatic heterocycles. The minimum absolute atomic E-state index is 0.0651. The number of carbonyl (C=O) groups excluding carboxylic acids is 1. The predicted octanol–water partition coefficient (Wildman–Crippen LogP) is 3.00. The Morgan fingerprint density at radius 3 is 3.00 bits per heavy atom. The highest BCUT2D eigenvalue weighted by Gasteiger charge is 2.29. The SMILES string of the molecule is N#CC1CCCCN1C(=O)c1cccc(Cl)c1F. The van der Waals surface area contributed by atoms with Crippen LogP contribution in [0.2, 0.25) is 5.02 Å². The molecule has 0 bridgehead atoms. The molecule has 1 atom stereocenters. The highest BCUT2D eigenvalue weighted by molar-refractivity contribution is 6.31. The van der Waals surface area contributed by atoms with E-state index >= 15 is 0 Å². The number of likely N-dealkylation sites (tertiary alicyclic amines) is 1. The molecule has 0 aliphatic carbocycles. The summed E-state index contributed by atoms with van der Waals surface area (Å²) in [6.45, 7) is 0.489. The normalized spacial score (nSPS) is 19.4. The lowest BCUT2D eigenvalue weighted by Gasteiger charge is -2.31. The summed E-state index contributed by atoms with van der Waals surface area (Å²) in [5.41, 5.74) is -0.0651. The quantitative estimate of drug-likeness (QED) is 0.784. The second kappa shape index (κ2) is 5.36. The maximum atomic E-state index is 13.8. The van der Waals surface area contributed by atoms with Gasteiger partial charge in [-0.3, -0.25) is 4.79 Å². The minimum atomic E-state index is -0.716. The lowest BCUT2D eigenvalue weighted by molar-refractivity contribution is 0.0666. The molecule has 1 aromatic rings. The molecule has 1 aliphatic rings. The van der Waals surface area contributed by atoms with E-state index in [0.29, 0.717) is 13.0 Å². The van der Waals surface area contributed by atoms with Gasteiger partial charge in [0.1, 0.15) is 6.04 Å². The van der Waals surface area contributed by atoms with Gasteiger partial charge in [0.05, 0.1) is 16.7 Å². The van der Waals surface area contributed by atoms with Gasteiger partial charge in [-0.1, -0.05) is 17.7 Å². The standard InChI is InChI=1S/C13H12ClFN2O/c14-11-6-3-5-10(12(11)15)13(18)17-7-2-1-4-9(17)8-16/h3,5-6,9H,1-2,4,7H2. The molecule has 3 nitrogen and oxygen atoms in total. The Bertz CT molecular complexity index is 512. The molecule has 0 spiro atoms. The fourth-order valence-corrected chi connectivity index (χ4v) is 2.31. The molecule has 0 N–H and O–H groups in total. The molecule has 1 heterocycles. The first-order chi connectivity index (χ1) is 8.65. The van der Waals surface area contributed by atoms with Crippen molar-refractivity contribution in [3.05, 3.63) is 34.6 Å². The number of benzene rings is 1. The molecule has 5 heteroatoms. The maximum Gasteiger partial charge on any atom is 0.257 e. The summed E-state index contributed by atoms with van der Waals surface area (Å²) < 4.78 is 13.8. The molecule has 1 saturated heterocycles. The number of carbonyl (C=O) groups is 1. The molecule has 0 radical (unpaired) electrons. The van der Waals surface area contributed by atoms with Gasteiger partial charge in [0, 0.05) is 6.54 Å². The molecule has 0 saturated carbocycles. The summed E-state index contributed by atoms with van der Waals surface area (Å²) in [7, 11) is 0. The summed E-state index contributed by atoms with van der Waals surface area (Å²) in [6, 6.07) is 5.94. The van der Waals surface area contributed by atoms with Crippen molar-refractivity contribution in [3.63, 3.8) is 0 Å². The van der Waals surface area contributed by atoms with Gasteiger partial charge in [0.15, 0.2) is 5.82 Å². The van der Waals surface area contributed by atoms with Gasteiger partial charge in [0.2, 0.25) is 0 Å². The van der Waals surface area contributed by atoms with Crippen LogP contribution in [0.4, 0.5) is 4.39 Å².